The molecule has 112 valence electrons. The van der Waals surface area contributed by atoms with Crippen molar-refractivity contribution in [2.24, 2.45) is 0 Å². The molecule has 13 nitrogen and oxygen atoms in total. The van der Waals surface area contributed by atoms with Gasteiger partial charge in [-0.15, -0.1) is 0 Å². The van der Waals surface area contributed by atoms with E-state index in [9.17, 15) is 0 Å². The first-order valence-electron chi connectivity index (χ1n) is 2.19. The fourth-order valence-corrected chi connectivity index (χ4v) is 0. The molecule has 0 aliphatic heterocycles. The molecule has 0 aliphatic rings. The molecule has 0 fully saturated rings. The van der Waals surface area contributed by atoms with Crippen LogP contribution in [0.1, 0.15) is 0 Å². The van der Waals surface area contributed by atoms with Crippen molar-refractivity contribution in [1.82, 2.24) is 0 Å². The minimum atomic E-state index is -3.37. The molecule has 0 saturated carbocycles. The van der Waals surface area contributed by atoms with Crippen LogP contribution in [0.4, 0.5) is 0 Å². The van der Waals surface area contributed by atoms with E-state index < -0.39 is 34.4 Å². The molecule has 0 saturated heterocycles. The van der Waals surface area contributed by atoms with Crippen LogP contribution >= 0.6 is 34.4 Å². The van der Waals surface area contributed by atoms with Gasteiger partial charge in [0, 0.05) is 0 Å². The molecule has 20 heavy (non-hydrogen) atoms. The van der Waals surface area contributed by atoms with Gasteiger partial charge in [0.1, 0.15) is 0 Å². The van der Waals surface area contributed by atoms with E-state index in [0.29, 0.717) is 0 Å². The summed E-state index contributed by atoms with van der Waals surface area (Å²) in [5.41, 5.74) is 0. The van der Waals surface area contributed by atoms with Crippen LogP contribution in [0.25, 0.3) is 0 Å². The Morgan fingerprint density at radius 1 is 0.300 bits per heavy atom. The van der Waals surface area contributed by atoms with Crippen molar-refractivity contribution in [2.45, 2.75) is 0 Å². The smallest absolute Gasteiger partial charge is 0.854 e. The molecule has 0 bridgehead atoms. The summed E-state index contributed by atoms with van der Waals surface area (Å²) >= 11 is 0. The molecule has 20 heteroatoms. The van der Waals surface area contributed by atoms with Crippen LogP contribution in [0.15, 0.2) is 0 Å². The first-order valence-corrected chi connectivity index (χ1v) is 6.57. The maximum absolute atomic E-state index is 8.48. The van der Waals surface area contributed by atoms with E-state index in [4.69, 9.17) is 58.7 Å². The fourth-order valence-electron chi connectivity index (χ4n) is 0. The van der Waals surface area contributed by atoms with Crippen molar-refractivity contribution < 1.29 is 184 Å². The predicted octanol–water partition coefficient (Wildman–Crippen LogP) is -11.6. The second-order valence-electron chi connectivity index (χ2n) is 0.894. The van der Waals surface area contributed by atoms with E-state index in [0.717, 1.165) is 0 Å². The summed E-state index contributed by atoms with van der Waals surface area (Å²) in [6.45, 7) is 0. The molecular formula is H2O13P4Th3. The van der Waals surface area contributed by atoms with Crippen molar-refractivity contribution in [3.05, 3.63) is 0 Å². The summed E-state index contributed by atoms with van der Waals surface area (Å²) in [5, 5.41) is 0. The van der Waals surface area contributed by atoms with E-state index in [1.54, 1.807) is 0 Å². The SMILES string of the molecule is O.[O-]P([O-])[O-].[O-]P([O-])[O-].[O-]P([O-])[O-].[O-]P([O-])[O-].[Th+4].[Th+4].[Th+4]. The average Bonchev–Trinajstić information content (AvgIpc) is 1.76. The van der Waals surface area contributed by atoms with Crippen LogP contribution in [-0.4, -0.2) is 5.48 Å². The third-order valence-corrected chi connectivity index (χ3v) is 0. The normalized spacial score (nSPS) is 7.20. The van der Waals surface area contributed by atoms with Crippen molar-refractivity contribution in [3.8, 4) is 0 Å². The predicted molar refractivity (Wildman–Crippen MR) is 31.3 cm³/mol. The zero-order valence-corrected chi connectivity index (χ0v) is 24.6. The van der Waals surface area contributed by atoms with Gasteiger partial charge >= 0.3 is 120 Å². The molecule has 2 N–H and O–H groups in total. The third-order valence-electron chi connectivity index (χ3n) is 0. The molecule has 0 atom stereocenters. The largest absolute Gasteiger partial charge is 4.00 e. The molecule has 0 aromatic heterocycles. The van der Waals surface area contributed by atoms with Crippen LogP contribution in [0.3, 0.4) is 0 Å². The molecule has 0 spiro atoms. The standard InChI is InChI=1S/4O3P.H2O.3Th/c4*1-4(2)3;;;;/h;;;;1H2;;;/q4*-3;;3*+4. The first kappa shape index (κ1) is 49.9. The summed E-state index contributed by atoms with van der Waals surface area (Å²) < 4.78 is 0. The maximum Gasteiger partial charge on any atom is 4.00 e. The molecule has 0 aromatic carbocycles. The zero-order valence-electron chi connectivity index (χ0n) is 8.69. The Morgan fingerprint density at radius 3 is 0.300 bits per heavy atom. The Hall–Kier alpha value is 5.17. The first-order chi connectivity index (χ1) is 6.93. The van der Waals surface area contributed by atoms with Crippen molar-refractivity contribution in [2.75, 3.05) is 0 Å². The Kier molecular flexibility index (Phi) is 110. The minimum Gasteiger partial charge on any atom is -0.854 e. The Balaban J connectivity index is -0.0000000150. The Labute approximate surface area is 214 Å². The second kappa shape index (κ2) is 44.0. The van der Waals surface area contributed by atoms with E-state index in [-0.39, 0.29) is 125 Å². The molecule has 0 radical (unpaired) electrons. The van der Waals surface area contributed by atoms with Gasteiger partial charge in [0.05, 0.1) is 0 Å². The summed E-state index contributed by atoms with van der Waals surface area (Å²) in [6.07, 6.45) is 0. The molecule has 0 aliphatic carbocycles. The zero-order chi connectivity index (χ0) is 14.3. The molecule has 0 amide bonds. The van der Waals surface area contributed by atoms with Gasteiger partial charge in [0.2, 0.25) is 0 Å². The monoisotopic (exact) mass is 1030 g/mol. The molecule has 0 rings (SSSR count). The fraction of sp³-hybridized carbons (Fsp3) is 0. The molecule has 0 heterocycles. The van der Waals surface area contributed by atoms with E-state index in [1.807, 2.05) is 0 Å². The van der Waals surface area contributed by atoms with Gasteiger partial charge in [-0.25, -0.2) is 0 Å². The number of rotatable bonds is 0. The summed E-state index contributed by atoms with van der Waals surface area (Å²) in [4.78, 5) is 102. The van der Waals surface area contributed by atoms with Crippen LogP contribution in [-0.2, 0) is 0 Å². The van der Waals surface area contributed by atoms with E-state index in [1.165, 1.54) is 0 Å². The van der Waals surface area contributed by atoms with Gasteiger partial charge in [-0.05, 0) is 0 Å². The van der Waals surface area contributed by atoms with Gasteiger partial charge < -0.3 is 98.6 Å². The quantitative estimate of drug-likeness (QED) is 0.204. The number of hydrogen-bond acceptors (Lipinski definition) is 12. The summed E-state index contributed by atoms with van der Waals surface area (Å²) in [6, 6.07) is 0. The third kappa shape index (κ3) is 426. The molecular weight excluding hydrogens is 1030 g/mol. The Morgan fingerprint density at radius 2 is 0.300 bits per heavy atom. The average molecular weight is 1030 g/mol. The Bertz CT molecular complexity index is 68.6. The van der Waals surface area contributed by atoms with E-state index >= 15 is 0 Å². The topological polar surface area (TPSA) is 308 Å². The van der Waals surface area contributed by atoms with Gasteiger partial charge in [0.15, 0.2) is 0 Å². The van der Waals surface area contributed by atoms with Gasteiger partial charge in [0.25, 0.3) is 0 Å². The molecule has 0 unspecified atom stereocenters. The van der Waals surface area contributed by atoms with E-state index in [2.05, 4.69) is 0 Å². The second-order valence-corrected chi connectivity index (χ2v) is 2.68. The van der Waals surface area contributed by atoms with Gasteiger partial charge in [-0.3, -0.25) is 0 Å². The van der Waals surface area contributed by atoms with Crippen LogP contribution in [0, 0.1) is 120 Å². The summed E-state index contributed by atoms with van der Waals surface area (Å²) in [7, 11) is -13.5. The number of hydrogen-bond donors (Lipinski definition) is 0. The minimum absolute atomic E-state index is 0. The van der Waals surface area contributed by atoms with Crippen LogP contribution in [0.2, 0.25) is 0 Å². The van der Waals surface area contributed by atoms with Crippen molar-refractivity contribution in [3.63, 3.8) is 0 Å². The molecule has 0 aromatic rings. The summed E-state index contributed by atoms with van der Waals surface area (Å²) in [5.74, 6) is 0. The van der Waals surface area contributed by atoms with Crippen LogP contribution in [0.5, 0.6) is 0 Å². The van der Waals surface area contributed by atoms with Crippen molar-refractivity contribution >= 4 is 34.4 Å². The van der Waals surface area contributed by atoms with Crippen LogP contribution < -0.4 is 58.7 Å². The van der Waals surface area contributed by atoms with Gasteiger partial charge in [-0.2, -0.15) is 0 Å². The maximum atomic E-state index is 8.48. The van der Waals surface area contributed by atoms with Gasteiger partial charge in [-0.1, -0.05) is 0 Å². The van der Waals surface area contributed by atoms with Crippen molar-refractivity contribution in [1.29, 1.82) is 0 Å².